The SMILES string of the molecule is Cc1ccc(C(C)(C)C)c(OC(C)C(C)O)c1. The summed E-state index contributed by atoms with van der Waals surface area (Å²) < 4.78 is 5.86. The Bertz CT molecular complexity index is 375. The first-order valence-corrected chi connectivity index (χ1v) is 6.17. The molecule has 0 bridgehead atoms. The molecule has 96 valence electrons. The van der Waals surface area contributed by atoms with Gasteiger partial charge in [0, 0.05) is 0 Å². The Balaban J connectivity index is 3.08. The number of aliphatic hydroxyl groups is 1. The molecule has 2 heteroatoms. The van der Waals surface area contributed by atoms with Crippen molar-refractivity contribution in [2.24, 2.45) is 0 Å². The van der Waals surface area contributed by atoms with E-state index in [9.17, 15) is 5.11 Å². The van der Waals surface area contributed by atoms with Crippen LogP contribution in [0.2, 0.25) is 0 Å². The highest BCUT2D eigenvalue weighted by molar-refractivity contribution is 5.41. The summed E-state index contributed by atoms with van der Waals surface area (Å²) in [6.45, 7) is 12.2. The fraction of sp³-hybridized carbons (Fsp3) is 0.600. The van der Waals surface area contributed by atoms with Crippen molar-refractivity contribution in [1.82, 2.24) is 0 Å². The van der Waals surface area contributed by atoms with Gasteiger partial charge in [-0.05, 0) is 43.4 Å². The topological polar surface area (TPSA) is 29.5 Å². The lowest BCUT2D eigenvalue weighted by Gasteiger charge is -2.26. The highest BCUT2D eigenvalue weighted by atomic mass is 16.5. The van der Waals surface area contributed by atoms with Crippen LogP contribution in [0.3, 0.4) is 0 Å². The van der Waals surface area contributed by atoms with Crippen LogP contribution in [0, 0.1) is 6.92 Å². The molecule has 0 saturated heterocycles. The van der Waals surface area contributed by atoms with Gasteiger partial charge in [-0.15, -0.1) is 0 Å². The number of hydrogen-bond acceptors (Lipinski definition) is 2. The highest BCUT2D eigenvalue weighted by Crippen LogP contribution is 2.32. The van der Waals surface area contributed by atoms with Crippen molar-refractivity contribution in [3.63, 3.8) is 0 Å². The lowest BCUT2D eigenvalue weighted by atomic mass is 9.86. The van der Waals surface area contributed by atoms with Gasteiger partial charge in [0.2, 0.25) is 0 Å². The third-order valence-electron chi connectivity index (χ3n) is 2.94. The molecule has 2 nitrogen and oxygen atoms in total. The number of aryl methyl sites for hydroxylation is 1. The zero-order valence-electron chi connectivity index (χ0n) is 11.7. The average molecular weight is 236 g/mol. The summed E-state index contributed by atoms with van der Waals surface area (Å²) >= 11 is 0. The van der Waals surface area contributed by atoms with Crippen LogP contribution in [0.15, 0.2) is 18.2 Å². The number of aliphatic hydroxyl groups excluding tert-OH is 1. The summed E-state index contributed by atoms with van der Waals surface area (Å²) in [6.07, 6.45) is -0.666. The maximum atomic E-state index is 9.52. The Labute approximate surface area is 105 Å². The Morgan fingerprint density at radius 3 is 2.24 bits per heavy atom. The third-order valence-corrected chi connectivity index (χ3v) is 2.94. The molecule has 0 saturated carbocycles. The monoisotopic (exact) mass is 236 g/mol. The predicted octanol–water partition coefficient (Wildman–Crippen LogP) is 3.44. The molecule has 0 spiro atoms. The van der Waals surface area contributed by atoms with Gasteiger partial charge in [0.25, 0.3) is 0 Å². The van der Waals surface area contributed by atoms with Crippen molar-refractivity contribution in [1.29, 1.82) is 0 Å². The van der Waals surface area contributed by atoms with Crippen molar-refractivity contribution in [2.75, 3.05) is 0 Å². The molecule has 0 aliphatic rings. The van der Waals surface area contributed by atoms with Crippen LogP contribution in [-0.2, 0) is 5.41 Å². The van der Waals surface area contributed by atoms with Crippen LogP contribution < -0.4 is 4.74 Å². The van der Waals surface area contributed by atoms with Gasteiger partial charge >= 0.3 is 0 Å². The zero-order chi connectivity index (χ0) is 13.2. The Morgan fingerprint density at radius 2 is 1.76 bits per heavy atom. The molecule has 0 radical (unpaired) electrons. The minimum Gasteiger partial charge on any atom is -0.488 e. The standard InChI is InChI=1S/C15H24O2/c1-10-7-8-13(15(4,5)6)14(9-10)17-12(3)11(2)16/h7-9,11-12,16H,1-6H3. The van der Waals surface area contributed by atoms with Crippen LogP contribution in [0.4, 0.5) is 0 Å². The summed E-state index contributed by atoms with van der Waals surface area (Å²) in [5, 5.41) is 9.52. The Kier molecular flexibility index (Phi) is 4.21. The van der Waals surface area contributed by atoms with Crippen LogP contribution in [0.1, 0.15) is 45.7 Å². The lowest BCUT2D eigenvalue weighted by molar-refractivity contribution is 0.0592. The van der Waals surface area contributed by atoms with Crippen molar-refractivity contribution >= 4 is 0 Å². The number of hydrogen-bond donors (Lipinski definition) is 1. The molecule has 17 heavy (non-hydrogen) atoms. The summed E-state index contributed by atoms with van der Waals surface area (Å²) in [5.41, 5.74) is 2.39. The summed E-state index contributed by atoms with van der Waals surface area (Å²) in [5.74, 6) is 0.880. The molecule has 2 atom stereocenters. The fourth-order valence-corrected chi connectivity index (χ4v) is 1.65. The van der Waals surface area contributed by atoms with E-state index in [0.29, 0.717) is 0 Å². The quantitative estimate of drug-likeness (QED) is 0.871. The van der Waals surface area contributed by atoms with Crippen LogP contribution in [0.5, 0.6) is 5.75 Å². The molecule has 1 rings (SSSR count). The van der Waals surface area contributed by atoms with Crippen LogP contribution >= 0.6 is 0 Å². The van der Waals surface area contributed by atoms with Crippen LogP contribution in [-0.4, -0.2) is 17.3 Å². The van der Waals surface area contributed by atoms with Crippen molar-refractivity contribution in [3.05, 3.63) is 29.3 Å². The van der Waals surface area contributed by atoms with Gasteiger partial charge in [0.05, 0.1) is 6.10 Å². The van der Waals surface area contributed by atoms with Gasteiger partial charge in [-0.1, -0.05) is 32.9 Å². The van der Waals surface area contributed by atoms with E-state index in [1.807, 2.05) is 19.9 Å². The maximum absolute atomic E-state index is 9.52. The van der Waals surface area contributed by atoms with Crippen LogP contribution in [0.25, 0.3) is 0 Å². The second-order valence-electron chi connectivity index (χ2n) is 5.81. The molecule has 1 N–H and O–H groups in total. The maximum Gasteiger partial charge on any atom is 0.123 e. The van der Waals surface area contributed by atoms with Gasteiger partial charge in [0.15, 0.2) is 0 Å². The second-order valence-corrected chi connectivity index (χ2v) is 5.81. The first kappa shape index (κ1) is 14.0. The van der Waals surface area contributed by atoms with E-state index < -0.39 is 6.10 Å². The first-order valence-electron chi connectivity index (χ1n) is 6.17. The minimum absolute atomic E-state index is 0.0431. The van der Waals surface area contributed by atoms with Gasteiger partial charge in [0.1, 0.15) is 11.9 Å². The number of benzene rings is 1. The molecule has 1 aromatic carbocycles. The first-order chi connectivity index (χ1) is 7.71. The number of ether oxygens (including phenoxy) is 1. The minimum atomic E-state index is -0.469. The predicted molar refractivity (Wildman–Crippen MR) is 71.6 cm³/mol. The molecule has 0 aliphatic carbocycles. The molecule has 2 unspecified atom stereocenters. The van der Waals surface area contributed by atoms with E-state index >= 15 is 0 Å². The van der Waals surface area contributed by atoms with Gasteiger partial charge < -0.3 is 9.84 Å². The van der Waals surface area contributed by atoms with E-state index in [1.54, 1.807) is 6.92 Å². The Morgan fingerprint density at radius 1 is 1.18 bits per heavy atom. The van der Waals surface area contributed by atoms with E-state index in [-0.39, 0.29) is 11.5 Å². The molecule has 0 heterocycles. The van der Waals surface area contributed by atoms with Crippen molar-refractivity contribution < 1.29 is 9.84 Å². The van der Waals surface area contributed by atoms with E-state index in [0.717, 1.165) is 5.75 Å². The Hall–Kier alpha value is -1.02. The highest BCUT2D eigenvalue weighted by Gasteiger charge is 2.21. The fourth-order valence-electron chi connectivity index (χ4n) is 1.65. The van der Waals surface area contributed by atoms with E-state index in [4.69, 9.17) is 4.74 Å². The zero-order valence-corrected chi connectivity index (χ0v) is 11.7. The molecule has 0 amide bonds. The van der Waals surface area contributed by atoms with E-state index in [2.05, 4.69) is 32.9 Å². The summed E-state index contributed by atoms with van der Waals surface area (Å²) in [7, 11) is 0. The molecular formula is C15H24O2. The van der Waals surface area contributed by atoms with E-state index in [1.165, 1.54) is 11.1 Å². The molecular weight excluding hydrogens is 212 g/mol. The van der Waals surface area contributed by atoms with Crippen molar-refractivity contribution in [3.8, 4) is 5.75 Å². The molecule has 0 aliphatic heterocycles. The largest absolute Gasteiger partial charge is 0.488 e. The van der Waals surface area contributed by atoms with Gasteiger partial charge in [-0.2, -0.15) is 0 Å². The lowest BCUT2D eigenvalue weighted by Crippen LogP contribution is -2.27. The number of rotatable bonds is 3. The molecule has 0 aromatic heterocycles. The summed E-state index contributed by atoms with van der Waals surface area (Å²) in [6, 6.07) is 6.25. The molecule has 1 aromatic rings. The third kappa shape index (κ3) is 3.74. The smallest absolute Gasteiger partial charge is 0.123 e. The molecule has 0 fully saturated rings. The van der Waals surface area contributed by atoms with Crippen molar-refractivity contribution in [2.45, 2.75) is 59.2 Å². The summed E-state index contributed by atoms with van der Waals surface area (Å²) in [4.78, 5) is 0. The second kappa shape index (κ2) is 5.09. The van der Waals surface area contributed by atoms with Gasteiger partial charge in [-0.3, -0.25) is 0 Å². The van der Waals surface area contributed by atoms with Gasteiger partial charge in [-0.25, -0.2) is 0 Å². The average Bonchev–Trinajstić information content (AvgIpc) is 2.15. The normalized spacial score (nSPS) is 15.5.